The molecule has 2 nitrogen and oxygen atoms in total. The van der Waals surface area contributed by atoms with Crippen molar-refractivity contribution >= 4 is 22.2 Å². The third-order valence-corrected chi connectivity index (χ3v) is 6.35. The molecule has 0 aliphatic rings. The van der Waals surface area contributed by atoms with Crippen LogP contribution in [-0.2, 0) is 4.79 Å². The topological polar surface area (TPSA) is 20.3 Å². The molecule has 0 spiro atoms. The molecular formula is C12H24GaNO. The molecule has 0 aliphatic heterocycles. The molecule has 0 rings (SSSR count). The quantitative estimate of drug-likeness (QED) is 0.522. The van der Waals surface area contributed by atoms with Crippen LogP contribution in [0.3, 0.4) is 0 Å². The SMILES string of the molecule is CCC[N](/C(=C\C(=O)CC)CC)[Ga]([CH3])[CH3]. The van der Waals surface area contributed by atoms with E-state index in [1.165, 1.54) is 12.1 Å². The Bertz CT molecular complexity index is 224. The standard InChI is InChI=1S/C10H19NO.2CH3.Ga/c1-4-7-11-9(5-2)8-10(12)6-3;;;/h8H,4-7H2,1-3H3,(H,11,12);2*1H3;/q;;;+1/p-1. The van der Waals surface area contributed by atoms with Crippen molar-refractivity contribution in [1.29, 1.82) is 0 Å². The van der Waals surface area contributed by atoms with E-state index < -0.39 is 16.5 Å². The first-order valence-corrected chi connectivity index (χ1v) is 12.0. The van der Waals surface area contributed by atoms with Crippen molar-refractivity contribution in [2.24, 2.45) is 0 Å². The van der Waals surface area contributed by atoms with Crippen LogP contribution in [-0.4, -0.2) is 32.4 Å². The Hall–Kier alpha value is -0.154. The van der Waals surface area contributed by atoms with Crippen molar-refractivity contribution in [1.82, 2.24) is 3.61 Å². The molecule has 0 amide bonds. The Morgan fingerprint density at radius 1 is 1.20 bits per heavy atom. The van der Waals surface area contributed by atoms with Crippen LogP contribution in [0.1, 0.15) is 40.0 Å². The Morgan fingerprint density at radius 2 is 1.80 bits per heavy atom. The van der Waals surface area contributed by atoms with Crippen molar-refractivity contribution in [2.75, 3.05) is 6.54 Å². The van der Waals surface area contributed by atoms with Crippen molar-refractivity contribution in [3.8, 4) is 0 Å². The van der Waals surface area contributed by atoms with Gasteiger partial charge in [0.1, 0.15) is 0 Å². The maximum atomic E-state index is 11.4. The molecule has 0 saturated carbocycles. The summed E-state index contributed by atoms with van der Waals surface area (Å²) in [4.78, 5) is 11.4. The molecule has 0 bridgehead atoms. The molecule has 0 aromatic rings. The molecule has 0 saturated heterocycles. The molecule has 0 aliphatic carbocycles. The fourth-order valence-electron chi connectivity index (χ4n) is 1.65. The average molecular weight is 268 g/mol. The van der Waals surface area contributed by atoms with E-state index in [1.54, 1.807) is 0 Å². The van der Waals surface area contributed by atoms with Crippen LogP contribution < -0.4 is 0 Å². The van der Waals surface area contributed by atoms with Crippen molar-refractivity contribution in [3.05, 3.63) is 11.8 Å². The molecular weight excluding hydrogens is 244 g/mol. The molecule has 15 heavy (non-hydrogen) atoms. The summed E-state index contributed by atoms with van der Waals surface area (Å²) in [7, 11) is 0. The van der Waals surface area contributed by atoms with Crippen molar-refractivity contribution in [2.45, 2.75) is 51.0 Å². The predicted octanol–water partition coefficient (Wildman–Crippen LogP) is 3.22. The predicted molar refractivity (Wildman–Crippen MR) is 68.2 cm³/mol. The van der Waals surface area contributed by atoms with E-state index in [0.717, 1.165) is 13.0 Å². The van der Waals surface area contributed by atoms with Gasteiger partial charge in [0, 0.05) is 0 Å². The van der Waals surface area contributed by atoms with E-state index in [1.807, 2.05) is 13.0 Å². The van der Waals surface area contributed by atoms with E-state index in [9.17, 15) is 4.79 Å². The van der Waals surface area contributed by atoms with Gasteiger partial charge in [0.05, 0.1) is 0 Å². The third kappa shape index (κ3) is 5.47. The zero-order chi connectivity index (χ0) is 11.8. The number of nitrogens with zero attached hydrogens (tertiary/aromatic N) is 1. The molecule has 0 unspecified atom stereocenters. The van der Waals surface area contributed by atoms with Gasteiger partial charge in [0.2, 0.25) is 0 Å². The molecule has 3 heteroatoms. The van der Waals surface area contributed by atoms with E-state index in [4.69, 9.17) is 0 Å². The Balaban J connectivity index is 4.72. The summed E-state index contributed by atoms with van der Waals surface area (Å²) in [6, 6.07) is 0. The molecule has 0 radical (unpaired) electrons. The fraction of sp³-hybridized carbons (Fsp3) is 0.750. The van der Waals surface area contributed by atoms with Crippen molar-refractivity contribution in [3.63, 3.8) is 0 Å². The third-order valence-electron chi connectivity index (χ3n) is 2.50. The van der Waals surface area contributed by atoms with Gasteiger partial charge in [-0.15, -0.1) is 0 Å². The average Bonchev–Trinajstić information content (AvgIpc) is 2.22. The number of rotatable bonds is 7. The fourth-order valence-corrected chi connectivity index (χ4v) is 5.21. The Kier molecular flexibility index (Phi) is 7.97. The maximum absolute atomic E-state index is 11.4. The van der Waals surface area contributed by atoms with E-state index in [2.05, 4.69) is 28.4 Å². The van der Waals surface area contributed by atoms with Crippen LogP contribution in [0.5, 0.6) is 0 Å². The van der Waals surface area contributed by atoms with Crippen LogP contribution in [0, 0.1) is 0 Å². The number of hydrogen-bond donors (Lipinski definition) is 0. The van der Waals surface area contributed by atoms with Gasteiger partial charge in [0.25, 0.3) is 0 Å². The Labute approximate surface area is 100 Å². The summed E-state index contributed by atoms with van der Waals surface area (Å²) in [6.07, 6.45) is 4.63. The van der Waals surface area contributed by atoms with Crippen LogP contribution >= 0.6 is 0 Å². The molecule has 86 valence electrons. The number of allylic oxidation sites excluding steroid dienone is 2. The van der Waals surface area contributed by atoms with Crippen molar-refractivity contribution < 1.29 is 4.79 Å². The van der Waals surface area contributed by atoms with Gasteiger partial charge >= 0.3 is 100.0 Å². The zero-order valence-corrected chi connectivity index (χ0v) is 13.3. The Morgan fingerprint density at radius 3 is 2.13 bits per heavy atom. The summed E-state index contributed by atoms with van der Waals surface area (Å²) in [5.41, 5.74) is 5.99. The van der Waals surface area contributed by atoms with Gasteiger partial charge in [0.15, 0.2) is 0 Å². The summed E-state index contributed by atoms with van der Waals surface area (Å²) < 4.78 is 2.51. The molecule has 0 heterocycles. The monoisotopic (exact) mass is 267 g/mol. The number of hydrogen-bond acceptors (Lipinski definition) is 2. The molecule has 0 fully saturated rings. The number of carbonyl (C=O) groups excluding carboxylic acids is 1. The number of carbonyl (C=O) groups is 1. The normalized spacial score (nSPS) is 11.4. The van der Waals surface area contributed by atoms with Crippen LogP contribution in [0.15, 0.2) is 11.8 Å². The summed E-state index contributed by atoms with van der Waals surface area (Å²) in [5, 5.41) is 0. The van der Waals surface area contributed by atoms with E-state index in [-0.39, 0.29) is 5.78 Å². The molecule has 0 aromatic heterocycles. The second-order valence-electron chi connectivity index (χ2n) is 4.10. The van der Waals surface area contributed by atoms with Crippen LogP contribution in [0.4, 0.5) is 0 Å². The van der Waals surface area contributed by atoms with Gasteiger partial charge in [-0.2, -0.15) is 0 Å². The van der Waals surface area contributed by atoms with Crippen LogP contribution in [0.2, 0.25) is 11.0 Å². The van der Waals surface area contributed by atoms with Gasteiger partial charge in [-0.1, -0.05) is 0 Å². The molecule has 0 aromatic carbocycles. The number of ketones is 1. The van der Waals surface area contributed by atoms with Gasteiger partial charge in [-0.25, -0.2) is 0 Å². The minimum atomic E-state index is -1.29. The van der Waals surface area contributed by atoms with E-state index >= 15 is 0 Å². The summed E-state index contributed by atoms with van der Waals surface area (Å²) in [6.45, 7) is 7.38. The first kappa shape index (κ1) is 14.8. The zero-order valence-electron chi connectivity index (χ0n) is 10.8. The molecule has 0 N–H and O–H groups in total. The van der Waals surface area contributed by atoms with E-state index in [0.29, 0.717) is 6.42 Å². The second kappa shape index (κ2) is 8.05. The molecule has 0 atom stereocenters. The first-order valence-electron chi connectivity index (χ1n) is 6.06. The van der Waals surface area contributed by atoms with Gasteiger partial charge < -0.3 is 0 Å². The first-order chi connectivity index (χ1) is 7.06. The van der Waals surface area contributed by atoms with Gasteiger partial charge in [-0.05, 0) is 0 Å². The van der Waals surface area contributed by atoms with Gasteiger partial charge in [-0.3, -0.25) is 0 Å². The second-order valence-corrected chi connectivity index (χ2v) is 9.99. The minimum absolute atomic E-state index is 0.260. The summed E-state index contributed by atoms with van der Waals surface area (Å²) in [5.74, 6) is 0.260. The summed E-state index contributed by atoms with van der Waals surface area (Å²) >= 11 is -1.29. The van der Waals surface area contributed by atoms with Crippen LogP contribution in [0.25, 0.3) is 0 Å².